The summed E-state index contributed by atoms with van der Waals surface area (Å²) in [7, 11) is -2.79. The van der Waals surface area contributed by atoms with Gasteiger partial charge in [-0.3, -0.25) is 4.70 Å². The van der Waals surface area contributed by atoms with E-state index in [-0.39, 0.29) is 4.70 Å². The molecule has 0 aromatic heterocycles. The first-order chi connectivity index (χ1) is 5.20. The normalized spacial score (nSPS) is 9.17. The monoisotopic (exact) mass is 192 g/mol. The summed E-state index contributed by atoms with van der Waals surface area (Å²) in [5, 5.41) is 0. The van der Waals surface area contributed by atoms with Crippen molar-refractivity contribution in [1.29, 1.82) is 0 Å². The van der Waals surface area contributed by atoms with E-state index in [2.05, 4.69) is 4.18 Å². The summed E-state index contributed by atoms with van der Waals surface area (Å²) in [6.45, 7) is 1.79. The molecule has 5 heteroatoms. The smallest absolute Gasteiger partial charge is 0.299 e. The zero-order valence-corrected chi connectivity index (χ0v) is 7.28. The van der Waals surface area contributed by atoms with Gasteiger partial charge in [-0.05, 0) is 18.6 Å². The molecule has 0 aliphatic heterocycles. The third-order valence-corrected chi connectivity index (χ3v) is 1.61. The molecule has 1 aromatic carbocycles. The molecule has 0 bridgehead atoms. The number of para-hydroxylation sites is 1. The molecule has 0 saturated carbocycles. The van der Waals surface area contributed by atoms with E-state index in [9.17, 15) is 8.42 Å². The Hall–Kier alpha value is -1.10. The Morgan fingerprint density at radius 2 is 1.83 bits per heavy atom. The minimum absolute atomic E-state index is 0. The molecule has 0 amide bonds. The average Bonchev–Trinajstić information content (AvgIpc) is 1.93. The van der Waals surface area contributed by atoms with Gasteiger partial charge in [0.15, 0.2) is 0 Å². The molecule has 0 atom stereocenters. The molecule has 0 N–H and O–H groups in total. The molecule has 1 rings (SSSR count). The van der Waals surface area contributed by atoms with E-state index in [1.54, 1.807) is 25.1 Å². The van der Waals surface area contributed by atoms with Crippen molar-refractivity contribution in [2.75, 3.05) is 0 Å². The Bertz CT molecular complexity index is 314. The van der Waals surface area contributed by atoms with Crippen LogP contribution in [0.15, 0.2) is 24.3 Å². The number of halogens is 1. The van der Waals surface area contributed by atoms with E-state index in [1.807, 2.05) is 6.07 Å². The van der Waals surface area contributed by atoms with Crippen molar-refractivity contribution in [2.45, 2.75) is 6.92 Å². The van der Waals surface area contributed by atoms with Gasteiger partial charge in [-0.2, -0.15) is 8.42 Å². The Balaban J connectivity index is 0.00000121. The molecule has 0 unspecified atom stereocenters. The summed E-state index contributed by atoms with van der Waals surface area (Å²) in [6.07, 6.45) is 0. The predicted octanol–water partition coefficient (Wildman–Crippen LogP) is 1.05. The van der Waals surface area contributed by atoms with E-state index in [0.717, 1.165) is 5.56 Å². The van der Waals surface area contributed by atoms with Crippen molar-refractivity contribution in [1.82, 2.24) is 0 Å². The summed E-state index contributed by atoms with van der Waals surface area (Å²) in [5.74, 6) is 0.392. The van der Waals surface area contributed by atoms with Crippen LogP contribution in [0.4, 0.5) is 4.70 Å². The fourth-order valence-electron chi connectivity index (χ4n) is 0.739. The van der Waals surface area contributed by atoms with Crippen molar-refractivity contribution in [3.8, 4) is 5.75 Å². The largest absolute Gasteiger partial charge is 0.384 e. The van der Waals surface area contributed by atoms with Gasteiger partial charge in [-0.15, -0.1) is 0 Å². The Morgan fingerprint density at radius 3 is 2.33 bits per heavy atom. The van der Waals surface area contributed by atoms with Gasteiger partial charge in [-0.1, -0.05) is 18.2 Å². The molecule has 0 fully saturated rings. The van der Waals surface area contributed by atoms with Crippen LogP contribution in [-0.4, -0.2) is 8.42 Å². The lowest BCUT2D eigenvalue weighted by Crippen LogP contribution is -1.91. The zero-order valence-electron chi connectivity index (χ0n) is 6.39. The van der Waals surface area contributed by atoms with Crippen LogP contribution >= 0.6 is 0 Å². The van der Waals surface area contributed by atoms with Crippen LogP contribution in [0.2, 0.25) is 0 Å². The number of thiol groups is 1. The molecule has 12 heavy (non-hydrogen) atoms. The van der Waals surface area contributed by atoms with Crippen molar-refractivity contribution in [3.63, 3.8) is 0 Å². The molecule has 68 valence electrons. The number of aryl methyl sites for hydroxylation is 1. The molecule has 0 aliphatic carbocycles. The summed E-state index contributed by atoms with van der Waals surface area (Å²) in [6, 6.07) is 6.94. The lowest BCUT2D eigenvalue weighted by molar-refractivity contribution is 0.508. The van der Waals surface area contributed by atoms with E-state index in [0.29, 0.717) is 5.75 Å². The molecule has 3 nitrogen and oxygen atoms in total. The van der Waals surface area contributed by atoms with Gasteiger partial charge in [0.05, 0.1) is 0 Å². The van der Waals surface area contributed by atoms with Crippen LogP contribution in [0.5, 0.6) is 5.75 Å². The fraction of sp³-hybridized carbons (Fsp3) is 0.143. The van der Waals surface area contributed by atoms with Crippen molar-refractivity contribution < 1.29 is 17.3 Å². The lowest BCUT2D eigenvalue weighted by Gasteiger charge is -1.99. The molecule has 0 radical (unpaired) electrons. The number of benzene rings is 1. The van der Waals surface area contributed by atoms with Gasteiger partial charge >= 0.3 is 0 Å². The predicted molar refractivity (Wildman–Crippen MR) is 44.6 cm³/mol. The minimum Gasteiger partial charge on any atom is -0.384 e. The van der Waals surface area contributed by atoms with Gasteiger partial charge in [0, 0.05) is 0 Å². The maximum atomic E-state index is 10.1. The topological polar surface area (TPSA) is 43.4 Å². The van der Waals surface area contributed by atoms with Gasteiger partial charge in [0.1, 0.15) is 5.75 Å². The zero-order chi connectivity index (χ0) is 8.27. The Kier molecular flexibility index (Phi) is 4.28. The first-order valence-corrected chi connectivity index (χ1v) is 4.17. The van der Waals surface area contributed by atoms with Gasteiger partial charge < -0.3 is 4.18 Å². The third-order valence-electron chi connectivity index (χ3n) is 1.27. The summed E-state index contributed by atoms with van der Waals surface area (Å²) >= 11 is 0. The van der Waals surface area contributed by atoms with Crippen LogP contribution in [0.1, 0.15) is 5.56 Å². The maximum Gasteiger partial charge on any atom is 0.299 e. The highest BCUT2D eigenvalue weighted by Crippen LogP contribution is 2.15. The molecule has 0 spiro atoms. The van der Waals surface area contributed by atoms with E-state index in [1.165, 1.54) is 0 Å². The molecule has 0 heterocycles. The van der Waals surface area contributed by atoms with Crippen LogP contribution < -0.4 is 4.18 Å². The second kappa shape index (κ2) is 4.71. The van der Waals surface area contributed by atoms with Crippen LogP contribution in [-0.2, 0) is 11.0 Å². The highest BCUT2D eigenvalue weighted by molar-refractivity contribution is 7.67. The number of hydrogen-bond acceptors (Lipinski definition) is 3. The standard InChI is InChI=1S/C7H8O3S.FH/c1-6-4-2-3-5-7(6)10-11(8)9;/h2-5,11H,1H3;1H. The SMILES string of the molecule is Cc1ccccc1O[SH](=O)=O.F. The van der Waals surface area contributed by atoms with Gasteiger partial charge in [0.25, 0.3) is 11.0 Å². The number of rotatable bonds is 2. The molecule has 0 saturated heterocycles. The van der Waals surface area contributed by atoms with E-state index in [4.69, 9.17) is 0 Å². The van der Waals surface area contributed by atoms with Crippen molar-refractivity contribution >= 4 is 11.0 Å². The van der Waals surface area contributed by atoms with E-state index < -0.39 is 11.0 Å². The van der Waals surface area contributed by atoms with Crippen LogP contribution in [0, 0.1) is 6.92 Å². The average molecular weight is 192 g/mol. The third kappa shape index (κ3) is 2.87. The van der Waals surface area contributed by atoms with Crippen molar-refractivity contribution in [2.24, 2.45) is 0 Å². The Labute approximate surface area is 71.5 Å². The van der Waals surface area contributed by atoms with Crippen LogP contribution in [0.3, 0.4) is 0 Å². The fourth-order valence-corrected chi connectivity index (χ4v) is 1.10. The first-order valence-electron chi connectivity index (χ1n) is 3.08. The number of hydrogen-bond donors (Lipinski definition) is 1. The van der Waals surface area contributed by atoms with Gasteiger partial charge in [-0.25, -0.2) is 0 Å². The summed E-state index contributed by atoms with van der Waals surface area (Å²) < 4.78 is 24.8. The maximum absolute atomic E-state index is 10.1. The van der Waals surface area contributed by atoms with E-state index >= 15 is 0 Å². The molecular formula is C7H9FO3S. The second-order valence-electron chi connectivity index (χ2n) is 2.08. The Morgan fingerprint density at radius 1 is 1.25 bits per heavy atom. The second-order valence-corrected chi connectivity index (χ2v) is 2.71. The van der Waals surface area contributed by atoms with Gasteiger partial charge in [0.2, 0.25) is 0 Å². The minimum atomic E-state index is -2.79. The van der Waals surface area contributed by atoms with Crippen molar-refractivity contribution in [3.05, 3.63) is 29.8 Å². The first kappa shape index (κ1) is 10.9. The van der Waals surface area contributed by atoms with Crippen LogP contribution in [0.25, 0.3) is 0 Å². The molecule has 1 aromatic rings. The summed E-state index contributed by atoms with van der Waals surface area (Å²) in [5.41, 5.74) is 0.812. The highest BCUT2D eigenvalue weighted by Gasteiger charge is 1.96. The highest BCUT2D eigenvalue weighted by atomic mass is 32.2. The summed E-state index contributed by atoms with van der Waals surface area (Å²) in [4.78, 5) is 0. The molecule has 0 aliphatic rings. The molecular weight excluding hydrogens is 183 g/mol. The lowest BCUT2D eigenvalue weighted by atomic mass is 10.2. The quantitative estimate of drug-likeness (QED) is 0.712.